The molecule has 1 N–H and O–H groups in total. The lowest BCUT2D eigenvalue weighted by Gasteiger charge is -2.32. The van der Waals surface area contributed by atoms with Crippen LogP contribution >= 0.6 is 0 Å². The smallest absolute Gasteiger partial charge is 0.225 e. The summed E-state index contributed by atoms with van der Waals surface area (Å²) in [6.07, 6.45) is 6.50. The zero-order valence-electron chi connectivity index (χ0n) is 15.8. The number of sulfonamides is 1. The molecule has 0 aromatic heterocycles. The van der Waals surface area contributed by atoms with Gasteiger partial charge in [-0.25, -0.2) is 8.42 Å². The standard InChI is InChI=1S/C19H30N2O3S/c1-14-12-15(2)19(16(3)13-14)20-18(22)10-11-21(25(4,23)24)17-8-6-5-7-9-17/h12-13,17H,5-11H2,1-4H3,(H,20,22). The van der Waals surface area contributed by atoms with E-state index < -0.39 is 10.0 Å². The van der Waals surface area contributed by atoms with Gasteiger partial charge in [-0.3, -0.25) is 4.79 Å². The van der Waals surface area contributed by atoms with E-state index in [0.29, 0.717) is 0 Å². The van der Waals surface area contributed by atoms with Crippen LogP contribution in [0.3, 0.4) is 0 Å². The van der Waals surface area contributed by atoms with Crippen LogP contribution in [0.4, 0.5) is 5.69 Å². The summed E-state index contributed by atoms with van der Waals surface area (Å²) < 4.78 is 25.8. The van der Waals surface area contributed by atoms with Crippen molar-refractivity contribution in [1.82, 2.24) is 4.31 Å². The zero-order chi connectivity index (χ0) is 18.6. The van der Waals surface area contributed by atoms with Gasteiger partial charge in [0.05, 0.1) is 6.26 Å². The minimum Gasteiger partial charge on any atom is -0.326 e. The molecule has 140 valence electrons. The maximum absolute atomic E-state index is 12.4. The average Bonchev–Trinajstić information content (AvgIpc) is 2.51. The minimum atomic E-state index is -3.30. The molecule has 6 heteroatoms. The van der Waals surface area contributed by atoms with E-state index in [1.165, 1.54) is 17.0 Å². The van der Waals surface area contributed by atoms with Crippen LogP contribution in [0.25, 0.3) is 0 Å². The third-order valence-corrected chi connectivity index (χ3v) is 6.24. The van der Waals surface area contributed by atoms with Crippen molar-refractivity contribution in [3.8, 4) is 0 Å². The number of carbonyl (C=O) groups excluding carboxylic acids is 1. The van der Waals surface area contributed by atoms with E-state index in [9.17, 15) is 13.2 Å². The molecule has 1 aromatic rings. The van der Waals surface area contributed by atoms with Gasteiger partial charge in [0.15, 0.2) is 0 Å². The van der Waals surface area contributed by atoms with Crippen LogP contribution in [0.2, 0.25) is 0 Å². The molecule has 5 nitrogen and oxygen atoms in total. The van der Waals surface area contributed by atoms with Gasteiger partial charge in [-0.05, 0) is 44.7 Å². The Bertz CT molecular complexity index is 699. The van der Waals surface area contributed by atoms with Gasteiger partial charge in [0.1, 0.15) is 0 Å². The summed E-state index contributed by atoms with van der Waals surface area (Å²) in [5, 5.41) is 2.96. The van der Waals surface area contributed by atoms with Crippen LogP contribution in [0, 0.1) is 20.8 Å². The van der Waals surface area contributed by atoms with Crippen LogP contribution in [0.1, 0.15) is 55.2 Å². The van der Waals surface area contributed by atoms with Crippen LogP contribution in [0.15, 0.2) is 12.1 Å². The maximum Gasteiger partial charge on any atom is 0.225 e. The number of carbonyl (C=O) groups is 1. The highest BCUT2D eigenvalue weighted by Crippen LogP contribution is 2.25. The van der Waals surface area contributed by atoms with Gasteiger partial charge in [0.25, 0.3) is 0 Å². The molecule has 0 radical (unpaired) electrons. The third-order valence-electron chi connectivity index (χ3n) is 4.91. The molecule has 0 bridgehead atoms. The van der Waals surface area contributed by atoms with Gasteiger partial charge in [-0.15, -0.1) is 0 Å². The van der Waals surface area contributed by atoms with Crippen molar-refractivity contribution in [2.75, 3.05) is 18.1 Å². The molecule has 1 aromatic carbocycles. The Morgan fingerprint density at radius 2 is 1.68 bits per heavy atom. The second-order valence-corrected chi connectivity index (χ2v) is 9.17. The molecule has 0 heterocycles. The maximum atomic E-state index is 12.4. The molecule has 1 aliphatic rings. The van der Waals surface area contributed by atoms with Gasteiger partial charge in [0.2, 0.25) is 15.9 Å². The van der Waals surface area contributed by atoms with Gasteiger partial charge >= 0.3 is 0 Å². The largest absolute Gasteiger partial charge is 0.326 e. The van der Waals surface area contributed by atoms with Gasteiger partial charge in [-0.2, -0.15) is 4.31 Å². The Hall–Kier alpha value is -1.40. The lowest BCUT2D eigenvalue weighted by molar-refractivity contribution is -0.116. The number of hydrogen-bond donors (Lipinski definition) is 1. The summed E-state index contributed by atoms with van der Waals surface area (Å²) in [4.78, 5) is 12.4. The monoisotopic (exact) mass is 366 g/mol. The molecule has 0 atom stereocenters. The minimum absolute atomic E-state index is 0.0411. The third kappa shape index (κ3) is 5.54. The van der Waals surface area contributed by atoms with Crippen molar-refractivity contribution in [1.29, 1.82) is 0 Å². The Balaban J connectivity index is 2.02. The first-order chi connectivity index (χ1) is 11.7. The number of nitrogens with zero attached hydrogens (tertiary/aromatic N) is 1. The highest BCUT2D eigenvalue weighted by molar-refractivity contribution is 7.88. The summed E-state index contributed by atoms with van der Waals surface area (Å²) in [6.45, 7) is 6.22. The second kappa shape index (κ2) is 8.32. The molecule has 1 aliphatic carbocycles. The Kier molecular flexibility index (Phi) is 6.63. The first-order valence-electron chi connectivity index (χ1n) is 9.03. The lowest BCUT2D eigenvalue weighted by atomic mass is 9.95. The predicted molar refractivity (Wildman–Crippen MR) is 102 cm³/mol. The van der Waals surface area contributed by atoms with E-state index in [1.54, 1.807) is 0 Å². The van der Waals surface area contributed by atoms with Crippen molar-refractivity contribution in [2.45, 2.75) is 65.3 Å². The quantitative estimate of drug-likeness (QED) is 0.837. The molecule has 25 heavy (non-hydrogen) atoms. The molecule has 1 saturated carbocycles. The normalized spacial score (nSPS) is 16.2. The predicted octanol–water partition coefficient (Wildman–Crippen LogP) is 3.53. The summed E-state index contributed by atoms with van der Waals surface area (Å²) in [5.41, 5.74) is 4.05. The van der Waals surface area contributed by atoms with Crippen molar-refractivity contribution >= 4 is 21.6 Å². The average molecular weight is 367 g/mol. The molecule has 2 rings (SSSR count). The lowest BCUT2D eigenvalue weighted by Crippen LogP contribution is -2.42. The fraction of sp³-hybridized carbons (Fsp3) is 0.632. The van der Waals surface area contributed by atoms with Crippen LogP contribution in [-0.2, 0) is 14.8 Å². The molecule has 0 saturated heterocycles. The van der Waals surface area contributed by atoms with Crippen LogP contribution in [0.5, 0.6) is 0 Å². The molecular weight excluding hydrogens is 336 g/mol. The fourth-order valence-corrected chi connectivity index (χ4v) is 4.95. The number of rotatable bonds is 6. The number of nitrogens with one attached hydrogen (secondary N) is 1. The first-order valence-corrected chi connectivity index (χ1v) is 10.9. The number of aryl methyl sites for hydroxylation is 3. The molecule has 0 spiro atoms. The van der Waals surface area contributed by atoms with Crippen molar-refractivity contribution in [3.05, 3.63) is 28.8 Å². The molecule has 1 amide bonds. The van der Waals surface area contributed by atoms with Crippen molar-refractivity contribution in [3.63, 3.8) is 0 Å². The van der Waals surface area contributed by atoms with E-state index in [0.717, 1.165) is 48.1 Å². The van der Waals surface area contributed by atoms with E-state index >= 15 is 0 Å². The summed E-state index contributed by atoms with van der Waals surface area (Å²) >= 11 is 0. The highest BCUT2D eigenvalue weighted by Gasteiger charge is 2.28. The summed E-state index contributed by atoms with van der Waals surface area (Å²) in [5.74, 6) is -0.139. The van der Waals surface area contributed by atoms with Gasteiger partial charge in [-0.1, -0.05) is 37.0 Å². The zero-order valence-corrected chi connectivity index (χ0v) is 16.6. The SMILES string of the molecule is Cc1cc(C)c(NC(=O)CCN(C2CCCCC2)S(C)(=O)=O)c(C)c1. The summed E-state index contributed by atoms with van der Waals surface area (Å²) in [6, 6.07) is 4.11. The topological polar surface area (TPSA) is 66.5 Å². The number of hydrogen-bond acceptors (Lipinski definition) is 3. The van der Waals surface area contributed by atoms with Crippen molar-refractivity contribution < 1.29 is 13.2 Å². The number of amides is 1. The van der Waals surface area contributed by atoms with E-state index in [4.69, 9.17) is 0 Å². The number of benzene rings is 1. The second-order valence-electron chi connectivity index (χ2n) is 7.24. The molecular formula is C19H30N2O3S. The van der Waals surface area contributed by atoms with Crippen molar-refractivity contribution in [2.24, 2.45) is 0 Å². The Labute approximate surface area is 151 Å². The Morgan fingerprint density at radius 1 is 1.12 bits per heavy atom. The van der Waals surface area contributed by atoms with Crippen LogP contribution in [-0.4, -0.2) is 37.5 Å². The van der Waals surface area contributed by atoms with Gasteiger partial charge in [0, 0.05) is 24.7 Å². The number of anilines is 1. The highest BCUT2D eigenvalue weighted by atomic mass is 32.2. The fourth-order valence-electron chi connectivity index (χ4n) is 3.78. The first kappa shape index (κ1) is 19.9. The van der Waals surface area contributed by atoms with E-state index in [-0.39, 0.29) is 24.9 Å². The van der Waals surface area contributed by atoms with E-state index in [1.807, 2.05) is 32.9 Å². The van der Waals surface area contributed by atoms with Gasteiger partial charge < -0.3 is 5.32 Å². The Morgan fingerprint density at radius 3 is 2.20 bits per heavy atom. The summed E-state index contributed by atoms with van der Waals surface area (Å²) in [7, 11) is -3.30. The molecule has 0 aliphatic heterocycles. The van der Waals surface area contributed by atoms with E-state index in [2.05, 4.69) is 5.32 Å². The molecule has 0 unspecified atom stereocenters. The van der Waals surface area contributed by atoms with Crippen LogP contribution < -0.4 is 5.32 Å². The molecule has 1 fully saturated rings.